The normalized spacial score (nSPS) is 12.7. The number of rotatable bonds is 7. The van der Waals surface area contributed by atoms with E-state index in [9.17, 15) is 0 Å². The lowest BCUT2D eigenvalue weighted by Gasteiger charge is -2.15. The van der Waals surface area contributed by atoms with Crippen LogP contribution in [0.25, 0.3) is 0 Å². The van der Waals surface area contributed by atoms with Crippen LogP contribution in [0.3, 0.4) is 0 Å². The molecule has 0 aliphatic carbocycles. The van der Waals surface area contributed by atoms with Crippen LogP contribution in [-0.2, 0) is 6.42 Å². The summed E-state index contributed by atoms with van der Waals surface area (Å²) >= 11 is 1.86. The smallest absolute Gasteiger partial charge is 0.0101 e. The van der Waals surface area contributed by atoms with Crippen LogP contribution in [0.2, 0.25) is 0 Å². The molecule has 1 rings (SSSR count). The van der Waals surface area contributed by atoms with E-state index in [1.165, 1.54) is 29.7 Å². The van der Waals surface area contributed by atoms with E-state index < -0.39 is 0 Å². The zero-order valence-corrected chi connectivity index (χ0v) is 10.6. The Hall–Kier alpha value is -0.600. The lowest BCUT2D eigenvalue weighted by atomic mass is 10.0. The van der Waals surface area contributed by atoms with Gasteiger partial charge in [0.2, 0.25) is 0 Å². The van der Waals surface area contributed by atoms with Crippen molar-refractivity contribution in [1.29, 1.82) is 0 Å². The highest BCUT2D eigenvalue weighted by atomic mass is 32.1. The second-order valence-corrected chi connectivity index (χ2v) is 5.15. The summed E-state index contributed by atoms with van der Waals surface area (Å²) in [6.07, 6.45) is 4.81. The number of aryl methyl sites for hydroxylation is 1. The Morgan fingerprint density at radius 1 is 1.60 bits per heavy atom. The van der Waals surface area contributed by atoms with E-state index >= 15 is 0 Å². The van der Waals surface area contributed by atoms with Crippen molar-refractivity contribution in [3.8, 4) is 0 Å². The molecule has 0 saturated heterocycles. The van der Waals surface area contributed by atoms with E-state index in [-0.39, 0.29) is 0 Å². The van der Waals surface area contributed by atoms with Crippen molar-refractivity contribution in [3.05, 3.63) is 34.5 Å². The first-order chi connectivity index (χ1) is 7.22. The Balaban J connectivity index is 2.20. The Labute approximate surface area is 97.2 Å². The molecule has 1 unspecified atom stereocenters. The van der Waals surface area contributed by atoms with Crippen molar-refractivity contribution in [1.82, 2.24) is 5.32 Å². The highest BCUT2D eigenvalue weighted by Gasteiger charge is 2.05. The Morgan fingerprint density at radius 3 is 2.93 bits per heavy atom. The zero-order chi connectivity index (χ0) is 11.1. The molecule has 0 spiro atoms. The number of nitrogens with one attached hydrogen (secondary N) is 1. The predicted molar refractivity (Wildman–Crippen MR) is 69.5 cm³/mol. The molecule has 1 aromatic rings. The van der Waals surface area contributed by atoms with Crippen molar-refractivity contribution in [3.63, 3.8) is 0 Å². The van der Waals surface area contributed by atoms with Gasteiger partial charge in [0.05, 0.1) is 0 Å². The van der Waals surface area contributed by atoms with Gasteiger partial charge in [0.1, 0.15) is 0 Å². The second-order valence-electron chi connectivity index (χ2n) is 4.12. The van der Waals surface area contributed by atoms with E-state index in [1.807, 2.05) is 18.4 Å². The third-order valence-electron chi connectivity index (χ3n) is 2.56. The van der Waals surface area contributed by atoms with E-state index in [0.29, 0.717) is 6.04 Å². The van der Waals surface area contributed by atoms with Gasteiger partial charge in [-0.2, -0.15) is 0 Å². The molecule has 2 heteroatoms. The first-order valence-electron chi connectivity index (χ1n) is 5.56. The van der Waals surface area contributed by atoms with Crippen molar-refractivity contribution in [2.24, 2.45) is 0 Å². The molecule has 0 saturated carbocycles. The van der Waals surface area contributed by atoms with Crippen molar-refractivity contribution in [2.75, 3.05) is 7.05 Å². The van der Waals surface area contributed by atoms with Crippen LogP contribution in [0.5, 0.6) is 0 Å². The molecule has 1 aromatic heterocycles. The van der Waals surface area contributed by atoms with Crippen LogP contribution < -0.4 is 5.32 Å². The van der Waals surface area contributed by atoms with Crippen molar-refractivity contribution < 1.29 is 0 Å². The first kappa shape index (κ1) is 12.5. The molecule has 1 N–H and O–H groups in total. The van der Waals surface area contributed by atoms with Gasteiger partial charge < -0.3 is 5.32 Å². The summed E-state index contributed by atoms with van der Waals surface area (Å²) in [6.45, 7) is 6.06. The van der Waals surface area contributed by atoms with E-state index in [2.05, 4.69) is 36.3 Å². The Morgan fingerprint density at radius 2 is 2.40 bits per heavy atom. The molecule has 0 aliphatic heterocycles. The maximum Gasteiger partial charge on any atom is 0.0101 e. The second kappa shape index (κ2) is 6.81. The molecule has 15 heavy (non-hydrogen) atoms. The van der Waals surface area contributed by atoms with Gasteiger partial charge in [-0.1, -0.05) is 11.6 Å². The number of hydrogen-bond donors (Lipinski definition) is 1. The summed E-state index contributed by atoms with van der Waals surface area (Å²) in [7, 11) is 2.04. The van der Waals surface area contributed by atoms with Gasteiger partial charge in [-0.25, -0.2) is 0 Å². The predicted octanol–water partition coefficient (Wildman–Crippen LogP) is 3.63. The summed E-state index contributed by atoms with van der Waals surface area (Å²) in [6, 6.07) is 4.95. The molecule has 0 bridgehead atoms. The molecule has 0 aliphatic rings. The monoisotopic (exact) mass is 223 g/mol. The maximum atomic E-state index is 3.96. The average molecular weight is 223 g/mol. The van der Waals surface area contributed by atoms with Gasteiger partial charge in [0.15, 0.2) is 0 Å². The molecule has 1 atom stereocenters. The summed E-state index contributed by atoms with van der Waals surface area (Å²) in [4.78, 5) is 1.50. The van der Waals surface area contributed by atoms with Gasteiger partial charge in [-0.05, 0) is 51.1 Å². The third-order valence-corrected chi connectivity index (χ3v) is 3.50. The van der Waals surface area contributed by atoms with Gasteiger partial charge >= 0.3 is 0 Å². The zero-order valence-electron chi connectivity index (χ0n) is 9.75. The summed E-state index contributed by atoms with van der Waals surface area (Å²) in [5, 5.41) is 5.51. The Bertz CT molecular complexity index is 277. The standard InChI is InChI=1S/C13H21NS/c1-11(2)10-12(14-3)6-4-7-13-8-5-9-15-13/h5,8-9,12,14H,1,4,6-7,10H2,2-3H3. The maximum absolute atomic E-state index is 3.96. The van der Waals surface area contributed by atoms with Crippen LogP contribution in [0, 0.1) is 0 Å². The lowest BCUT2D eigenvalue weighted by Crippen LogP contribution is -2.25. The van der Waals surface area contributed by atoms with Crippen LogP contribution in [0.4, 0.5) is 0 Å². The van der Waals surface area contributed by atoms with Crippen LogP contribution in [0.1, 0.15) is 31.1 Å². The minimum atomic E-state index is 0.600. The fourth-order valence-electron chi connectivity index (χ4n) is 1.75. The average Bonchev–Trinajstić information content (AvgIpc) is 2.68. The van der Waals surface area contributed by atoms with Gasteiger partial charge in [-0.3, -0.25) is 0 Å². The fourth-order valence-corrected chi connectivity index (χ4v) is 2.50. The lowest BCUT2D eigenvalue weighted by molar-refractivity contribution is 0.502. The quantitative estimate of drug-likeness (QED) is 0.696. The third kappa shape index (κ3) is 5.14. The van der Waals surface area contributed by atoms with Gasteiger partial charge in [0.25, 0.3) is 0 Å². The number of hydrogen-bond acceptors (Lipinski definition) is 2. The minimum Gasteiger partial charge on any atom is -0.317 e. The molecule has 0 radical (unpaired) electrons. The highest BCUT2D eigenvalue weighted by Crippen LogP contribution is 2.14. The molecule has 0 fully saturated rings. The van der Waals surface area contributed by atoms with Crippen LogP contribution >= 0.6 is 11.3 Å². The largest absolute Gasteiger partial charge is 0.317 e. The molecule has 0 aromatic carbocycles. The van der Waals surface area contributed by atoms with Gasteiger partial charge in [0, 0.05) is 10.9 Å². The molecule has 1 heterocycles. The topological polar surface area (TPSA) is 12.0 Å². The highest BCUT2D eigenvalue weighted by molar-refractivity contribution is 7.09. The van der Waals surface area contributed by atoms with E-state index in [4.69, 9.17) is 0 Å². The molecule has 1 nitrogen and oxygen atoms in total. The molecular formula is C13H21NS. The SMILES string of the molecule is C=C(C)CC(CCCc1cccs1)NC. The number of thiophene rings is 1. The van der Waals surface area contributed by atoms with Crippen LogP contribution in [0.15, 0.2) is 29.7 Å². The first-order valence-corrected chi connectivity index (χ1v) is 6.44. The van der Waals surface area contributed by atoms with E-state index in [0.717, 1.165) is 6.42 Å². The molecular weight excluding hydrogens is 202 g/mol. The van der Waals surface area contributed by atoms with Crippen molar-refractivity contribution >= 4 is 11.3 Å². The fraction of sp³-hybridized carbons (Fsp3) is 0.538. The summed E-state index contributed by atoms with van der Waals surface area (Å²) in [5.74, 6) is 0. The Kier molecular flexibility index (Phi) is 5.66. The summed E-state index contributed by atoms with van der Waals surface area (Å²) in [5.41, 5.74) is 1.27. The van der Waals surface area contributed by atoms with Crippen LogP contribution in [-0.4, -0.2) is 13.1 Å². The molecule has 84 valence electrons. The van der Waals surface area contributed by atoms with E-state index in [1.54, 1.807) is 0 Å². The summed E-state index contributed by atoms with van der Waals surface area (Å²) < 4.78 is 0. The van der Waals surface area contributed by atoms with Crippen molar-refractivity contribution in [2.45, 2.75) is 38.6 Å². The molecule has 0 amide bonds. The minimum absolute atomic E-state index is 0.600. The van der Waals surface area contributed by atoms with Gasteiger partial charge in [-0.15, -0.1) is 17.9 Å².